The quantitative estimate of drug-likeness (QED) is 0.274. The molecule has 0 aromatic carbocycles. The van der Waals surface area contributed by atoms with E-state index in [1.807, 2.05) is 0 Å². The maximum Gasteiger partial charge on any atom is 0.339 e. The number of urea groups is 1. The topological polar surface area (TPSA) is 192 Å². The lowest BCUT2D eigenvalue weighted by Crippen LogP contribution is -2.55. The number of carboxylic acids is 1. The van der Waals surface area contributed by atoms with E-state index < -0.39 is 63.1 Å². The van der Waals surface area contributed by atoms with Gasteiger partial charge in [0.2, 0.25) is 0 Å². The van der Waals surface area contributed by atoms with Crippen LogP contribution in [0.15, 0.2) is 12.3 Å². The first-order valence-electron chi connectivity index (χ1n) is 6.83. The number of amides is 2. The zero-order chi connectivity index (χ0) is 18.1. The van der Waals surface area contributed by atoms with E-state index in [1.54, 1.807) is 0 Å². The van der Waals surface area contributed by atoms with Crippen LogP contribution in [0.2, 0.25) is 0 Å². The first-order valence-corrected chi connectivity index (χ1v) is 8.59. The zero-order valence-corrected chi connectivity index (χ0v) is 13.2. The Balaban J connectivity index is 2.00. The standard InChI is InChI=1S/C11H18N3O9P/c12-6-1-2-14(11(19)13-6)10-9(18)8(17)5(23-10)3-22-24(20,21)4-7(15)16/h1-2,5-6,8-10,17-18H,3-4,12H2,(H,13,19)(H,15,16)(H,20,21). The molecule has 0 bridgehead atoms. The highest BCUT2D eigenvalue weighted by Gasteiger charge is 2.47. The van der Waals surface area contributed by atoms with E-state index in [1.165, 1.54) is 12.3 Å². The van der Waals surface area contributed by atoms with Gasteiger partial charge in [-0.05, 0) is 6.08 Å². The Kier molecular flexibility index (Phi) is 5.60. The van der Waals surface area contributed by atoms with Gasteiger partial charge in [-0.2, -0.15) is 0 Å². The molecule has 0 radical (unpaired) electrons. The predicted octanol–water partition coefficient (Wildman–Crippen LogP) is -2.46. The molecule has 1 fully saturated rings. The van der Waals surface area contributed by atoms with E-state index in [2.05, 4.69) is 9.84 Å². The predicted molar refractivity (Wildman–Crippen MR) is 76.4 cm³/mol. The Hall–Kier alpha value is -1.53. The van der Waals surface area contributed by atoms with Gasteiger partial charge in [-0.25, -0.2) is 4.79 Å². The van der Waals surface area contributed by atoms with Crippen molar-refractivity contribution in [3.05, 3.63) is 12.3 Å². The molecule has 7 N–H and O–H groups in total. The van der Waals surface area contributed by atoms with Crippen molar-refractivity contribution in [2.24, 2.45) is 5.73 Å². The number of carbonyl (C=O) groups is 2. The number of nitrogens with two attached hydrogens (primary N) is 1. The van der Waals surface area contributed by atoms with Crippen molar-refractivity contribution >= 4 is 19.6 Å². The van der Waals surface area contributed by atoms with Crippen LogP contribution in [0.25, 0.3) is 0 Å². The van der Waals surface area contributed by atoms with E-state index in [4.69, 9.17) is 15.6 Å². The summed E-state index contributed by atoms with van der Waals surface area (Å²) in [5, 5.41) is 30.8. The number of nitrogens with one attached hydrogen (secondary N) is 1. The fourth-order valence-electron chi connectivity index (χ4n) is 2.22. The van der Waals surface area contributed by atoms with Crippen molar-refractivity contribution in [3.8, 4) is 0 Å². The van der Waals surface area contributed by atoms with Crippen LogP contribution in [-0.2, 0) is 18.6 Å². The normalized spacial score (nSPS) is 35.6. The van der Waals surface area contributed by atoms with E-state index in [9.17, 15) is 29.3 Å². The molecule has 0 saturated carbocycles. The Morgan fingerprint density at radius 2 is 2.12 bits per heavy atom. The lowest BCUT2D eigenvalue weighted by Gasteiger charge is -2.31. The van der Waals surface area contributed by atoms with Gasteiger partial charge < -0.3 is 40.5 Å². The highest BCUT2D eigenvalue weighted by atomic mass is 31.2. The monoisotopic (exact) mass is 367 g/mol. The number of rotatable bonds is 6. The fourth-order valence-corrected chi connectivity index (χ4v) is 3.03. The molecule has 2 aliphatic heterocycles. The fraction of sp³-hybridized carbons (Fsp3) is 0.636. The van der Waals surface area contributed by atoms with Gasteiger partial charge in [0.25, 0.3) is 0 Å². The van der Waals surface area contributed by atoms with Crippen molar-refractivity contribution in [1.82, 2.24) is 10.2 Å². The molecule has 0 aromatic heterocycles. The van der Waals surface area contributed by atoms with Crippen LogP contribution >= 0.6 is 7.60 Å². The molecule has 6 unspecified atom stereocenters. The molecule has 24 heavy (non-hydrogen) atoms. The number of carboxylic acid groups (broad SMARTS) is 1. The molecule has 0 aromatic rings. The van der Waals surface area contributed by atoms with Crippen LogP contribution < -0.4 is 11.1 Å². The van der Waals surface area contributed by atoms with Crippen molar-refractivity contribution in [1.29, 1.82) is 0 Å². The van der Waals surface area contributed by atoms with E-state index in [0.717, 1.165) is 4.90 Å². The third-order valence-corrected chi connectivity index (χ3v) is 4.59. The van der Waals surface area contributed by atoms with Gasteiger partial charge in [-0.3, -0.25) is 14.3 Å². The van der Waals surface area contributed by atoms with Gasteiger partial charge in [-0.15, -0.1) is 0 Å². The van der Waals surface area contributed by atoms with Gasteiger partial charge >= 0.3 is 19.6 Å². The minimum atomic E-state index is -4.42. The SMILES string of the molecule is NC1C=CN(C2OC(COP(=O)(O)CC(=O)O)C(O)C2O)C(=O)N1. The van der Waals surface area contributed by atoms with Crippen LogP contribution in [0.1, 0.15) is 0 Å². The van der Waals surface area contributed by atoms with Crippen molar-refractivity contribution < 1.29 is 43.6 Å². The summed E-state index contributed by atoms with van der Waals surface area (Å²) in [4.78, 5) is 32.6. The number of aliphatic hydroxyl groups excluding tert-OH is 2. The smallest absolute Gasteiger partial charge is 0.339 e. The molecule has 1 saturated heterocycles. The first kappa shape index (κ1) is 18.8. The Labute approximate surface area is 136 Å². The Morgan fingerprint density at radius 1 is 1.46 bits per heavy atom. The van der Waals surface area contributed by atoms with Gasteiger partial charge in [0.1, 0.15) is 24.5 Å². The summed E-state index contributed by atoms with van der Waals surface area (Å²) in [6.45, 7) is -0.644. The molecule has 12 nitrogen and oxygen atoms in total. The van der Waals surface area contributed by atoms with Gasteiger partial charge in [-0.1, -0.05) is 0 Å². The summed E-state index contributed by atoms with van der Waals surface area (Å²) < 4.78 is 21.4. The number of aliphatic hydroxyl groups is 2. The number of carbonyl (C=O) groups excluding carboxylic acids is 1. The van der Waals surface area contributed by atoms with Crippen LogP contribution in [0.4, 0.5) is 4.79 Å². The number of aliphatic carboxylic acids is 1. The third kappa shape index (κ3) is 4.30. The molecule has 2 amide bonds. The highest BCUT2D eigenvalue weighted by Crippen LogP contribution is 2.42. The summed E-state index contributed by atoms with van der Waals surface area (Å²) in [5.41, 5.74) is 5.49. The Bertz CT molecular complexity index is 585. The molecule has 6 atom stereocenters. The minimum Gasteiger partial charge on any atom is -0.481 e. The number of ether oxygens (including phenoxy) is 1. The van der Waals surface area contributed by atoms with Crippen LogP contribution in [-0.4, -0.2) is 80.6 Å². The molecule has 0 aliphatic carbocycles. The third-order valence-electron chi connectivity index (χ3n) is 3.37. The summed E-state index contributed by atoms with van der Waals surface area (Å²) in [5.74, 6) is -1.53. The minimum absolute atomic E-state index is 0.644. The van der Waals surface area contributed by atoms with Crippen molar-refractivity contribution in [2.75, 3.05) is 12.8 Å². The molecule has 2 heterocycles. The summed E-state index contributed by atoms with van der Waals surface area (Å²) >= 11 is 0. The molecule has 2 rings (SSSR count). The van der Waals surface area contributed by atoms with Crippen molar-refractivity contribution in [3.63, 3.8) is 0 Å². The van der Waals surface area contributed by atoms with E-state index in [-0.39, 0.29) is 0 Å². The van der Waals surface area contributed by atoms with Crippen molar-refractivity contribution in [2.45, 2.75) is 30.7 Å². The molecule has 13 heteroatoms. The summed E-state index contributed by atoms with van der Waals surface area (Å²) in [6, 6.07) is -0.665. The first-order chi connectivity index (χ1) is 11.1. The van der Waals surface area contributed by atoms with Gasteiger partial charge in [0.05, 0.1) is 12.8 Å². The molecule has 2 aliphatic rings. The Morgan fingerprint density at radius 3 is 2.71 bits per heavy atom. The molecular formula is C11H18N3O9P. The second-order valence-electron chi connectivity index (χ2n) is 5.26. The van der Waals surface area contributed by atoms with Gasteiger partial charge in [0, 0.05) is 6.20 Å². The number of hydrogen-bond donors (Lipinski definition) is 6. The van der Waals surface area contributed by atoms with Crippen LogP contribution in [0, 0.1) is 0 Å². The molecule has 0 spiro atoms. The van der Waals surface area contributed by atoms with Crippen LogP contribution in [0.3, 0.4) is 0 Å². The molecule has 136 valence electrons. The summed E-state index contributed by atoms with van der Waals surface area (Å²) in [6.07, 6.45) is -4.66. The second-order valence-corrected chi connectivity index (χ2v) is 7.10. The zero-order valence-electron chi connectivity index (χ0n) is 12.3. The highest BCUT2D eigenvalue weighted by molar-refractivity contribution is 7.53. The average molecular weight is 367 g/mol. The van der Waals surface area contributed by atoms with E-state index >= 15 is 0 Å². The lowest BCUT2D eigenvalue weighted by atomic mass is 10.1. The second kappa shape index (κ2) is 7.15. The average Bonchev–Trinajstić information content (AvgIpc) is 2.72. The maximum absolute atomic E-state index is 11.8. The number of nitrogens with zero attached hydrogens (tertiary/aromatic N) is 1. The van der Waals surface area contributed by atoms with E-state index in [0.29, 0.717) is 0 Å². The maximum atomic E-state index is 11.8. The largest absolute Gasteiger partial charge is 0.481 e. The van der Waals surface area contributed by atoms with Gasteiger partial charge in [0.15, 0.2) is 6.23 Å². The lowest BCUT2D eigenvalue weighted by molar-refractivity contribution is -0.134. The summed E-state index contributed by atoms with van der Waals surface area (Å²) in [7, 11) is -4.42. The molecular weight excluding hydrogens is 349 g/mol. The number of hydrogen-bond acceptors (Lipinski definition) is 8. The van der Waals surface area contributed by atoms with Crippen LogP contribution in [0.5, 0.6) is 0 Å².